The summed E-state index contributed by atoms with van der Waals surface area (Å²) in [6.07, 6.45) is 5.23. The highest BCUT2D eigenvalue weighted by Crippen LogP contribution is 2.27. The van der Waals surface area contributed by atoms with Crippen molar-refractivity contribution in [1.29, 1.82) is 5.26 Å². The number of hydrogen-bond acceptors (Lipinski definition) is 9. The minimum Gasteiger partial charge on any atom is -0.480 e. The first-order valence-electron chi connectivity index (χ1n) is 9.61. The molecular weight excluding hydrogens is 398 g/mol. The largest absolute Gasteiger partial charge is 0.480 e. The van der Waals surface area contributed by atoms with Crippen LogP contribution in [0.5, 0.6) is 5.88 Å². The number of carbonyl (C=O) groups excluding carboxylic acids is 1. The smallest absolute Gasteiger partial charge is 0.248 e. The number of methoxy groups -OCH3 is 1. The molecule has 3 aromatic heterocycles. The molecule has 0 aliphatic carbocycles. The van der Waals surface area contributed by atoms with Crippen molar-refractivity contribution in [3.63, 3.8) is 0 Å². The van der Waals surface area contributed by atoms with Crippen LogP contribution in [0.4, 0.5) is 17.6 Å². The summed E-state index contributed by atoms with van der Waals surface area (Å²) in [5, 5.41) is 20.2. The minimum atomic E-state index is -0.320. The van der Waals surface area contributed by atoms with Gasteiger partial charge in [0.1, 0.15) is 17.5 Å². The van der Waals surface area contributed by atoms with Gasteiger partial charge < -0.3 is 20.3 Å². The van der Waals surface area contributed by atoms with Gasteiger partial charge in [-0.15, -0.1) is 0 Å². The average molecular weight is 419 g/mol. The van der Waals surface area contributed by atoms with E-state index in [0.29, 0.717) is 23.9 Å². The average Bonchev–Trinajstić information content (AvgIpc) is 3.37. The van der Waals surface area contributed by atoms with Gasteiger partial charge in [-0.05, 0) is 12.5 Å². The molecule has 11 nitrogen and oxygen atoms in total. The van der Waals surface area contributed by atoms with Crippen LogP contribution >= 0.6 is 0 Å². The second-order valence-corrected chi connectivity index (χ2v) is 7.03. The number of fused-ring (bicyclic) bond motifs is 1. The first-order chi connectivity index (χ1) is 15.0. The summed E-state index contributed by atoms with van der Waals surface area (Å²) in [5.41, 5.74) is 1.15. The third-order valence-corrected chi connectivity index (χ3v) is 5.06. The van der Waals surface area contributed by atoms with Crippen LogP contribution in [-0.4, -0.2) is 56.9 Å². The van der Waals surface area contributed by atoms with E-state index < -0.39 is 0 Å². The van der Waals surface area contributed by atoms with Gasteiger partial charge in [0, 0.05) is 38.4 Å². The van der Waals surface area contributed by atoms with Crippen molar-refractivity contribution in [1.82, 2.24) is 24.7 Å². The van der Waals surface area contributed by atoms with E-state index in [9.17, 15) is 4.79 Å². The third kappa shape index (κ3) is 3.95. The van der Waals surface area contributed by atoms with E-state index in [4.69, 9.17) is 10.00 Å². The van der Waals surface area contributed by atoms with Gasteiger partial charge in [-0.25, -0.2) is 9.97 Å². The number of carbonyl (C=O) groups is 1. The van der Waals surface area contributed by atoms with E-state index in [-0.39, 0.29) is 17.8 Å². The number of nitriles is 1. The van der Waals surface area contributed by atoms with E-state index in [1.807, 2.05) is 19.2 Å². The molecule has 11 heteroatoms. The zero-order valence-corrected chi connectivity index (χ0v) is 17.2. The Hall–Kier alpha value is -4.20. The summed E-state index contributed by atoms with van der Waals surface area (Å²) in [6, 6.07) is 4.07. The highest BCUT2D eigenvalue weighted by atomic mass is 16.5. The normalized spacial score (nSPS) is 15.5. The maximum absolute atomic E-state index is 11.6. The number of nitrogens with zero attached hydrogens (tertiary/aromatic N) is 7. The molecule has 0 aromatic carbocycles. The van der Waals surface area contributed by atoms with Gasteiger partial charge in [0.15, 0.2) is 5.82 Å². The molecule has 0 spiro atoms. The van der Waals surface area contributed by atoms with Crippen molar-refractivity contribution in [2.45, 2.75) is 12.5 Å². The second-order valence-electron chi connectivity index (χ2n) is 7.03. The van der Waals surface area contributed by atoms with Crippen LogP contribution in [0.1, 0.15) is 12.0 Å². The highest BCUT2D eigenvalue weighted by Gasteiger charge is 2.25. The molecule has 0 unspecified atom stereocenters. The van der Waals surface area contributed by atoms with Crippen LogP contribution in [0.25, 0.3) is 10.9 Å². The molecule has 1 aliphatic rings. The van der Waals surface area contributed by atoms with Gasteiger partial charge in [-0.1, -0.05) is 6.58 Å². The van der Waals surface area contributed by atoms with E-state index in [1.54, 1.807) is 10.9 Å². The first kappa shape index (κ1) is 20.1. The summed E-state index contributed by atoms with van der Waals surface area (Å²) < 4.78 is 6.85. The van der Waals surface area contributed by atoms with E-state index >= 15 is 0 Å². The first-order valence-corrected chi connectivity index (χ1v) is 9.61. The molecule has 0 bridgehead atoms. The number of pyridine rings is 1. The minimum absolute atomic E-state index is 0.115. The molecule has 1 aliphatic heterocycles. The lowest BCUT2D eigenvalue weighted by Gasteiger charge is -2.18. The molecule has 31 heavy (non-hydrogen) atoms. The number of anilines is 3. The highest BCUT2D eigenvalue weighted by molar-refractivity contribution is 6.04. The molecule has 1 saturated heterocycles. The number of hydrogen-bond donors (Lipinski definition) is 2. The fourth-order valence-electron chi connectivity index (χ4n) is 3.51. The van der Waals surface area contributed by atoms with Gasteiger partial charge in [0.25, 0.3) is 0 Å². The number of nitrogens with one attached hydrogen (secondary N) is 2. The lowest BCUT2D eigenvalue weighted by atomic mass is 10.3. The number of rotatable bonds is 6. The summed E-state index contributed by atoms with van der Waals surface area (Å²) in [4.78, 5) is 26.8. The SMILES string of the molecule is C=CC(=O)Nc1nn(C)c2cc(N3CC[C@@H](Nc4ncc(C#N)c(OC)n4)C3)ncc12. The molecule has 3 aromatic rings. The maximum Gasteiger partial charge on any atom is 0.248 e. The zero-order chi connectivity index (χ0) is 22.0. The van der Waals surface area contributed by atoms with Crippen molar-refractivity contribution >= 4 is 34.4 Å². The Kier molecular flexibility index (Phi) is 5.36. The van der Waals surface area contributed by atoms with Crippen LogP contribution in [0.15, 0.2) is 31.1 Å². The Balaban J connectivity index is 1.49. The molecule has 0 saturated carbocycles. The summed E-state index contributed by atoms with van der Waals surface area (Å²) in [5.74, 6) is 1.62. The Morgan fingerprint density at radius 3 is 3.00 bits per heavy atom. The molecule has 0 radical (unpaired) electrons. The Morgan fingerprint density at radius 2 is 2.26 bits per heavy atom. The van der Waals surface area contributed by atoms with Crippen molar-refractivity contribution < 1.29 is 9.53 Å². The lowest BCUT2D eigenvalue weighted by Crippen LogP contribution is -2.27. The molecule has 4 rings (SSSR count). The summed E-state index contributed by atoms with van der Waals surface area (Å²) in [6.45, 7) is 4.98. The van der Waals surface area contributed by atoms with Gasteiger partial charge in [0.05, 0.1) is 24.2 Å². The predicted molar refractivity (Wildman–Crippen MR) is 115 cm³/mol. The van der Waals surface area contributed by atoms with Crippen molar-refractivity contribution in [3.05, 3.63) is 36.7 Å². The fourth-order valence-corrected chi connectivity index (χ4v) is 3.51. The Morgan fingerprint density at radius 1 is 1.42 bits per heavy atom. The second kappa shape index (κ2) is 8.27. The third-order valence-electron chi connectivity index (χ3n) is 5.06. The summed E-state index contributed by atoms with van der Waals surface area (Å²) in [7, 11) is 3.29. The molecule has 4 heterocycles. The quantitative estimate of drug-likeness (QED) is 0.569. The topological polar surface area (TPSA) is 134 Å². The Labute approximate surface area is 178 Å². The maximum atomic E-state index is 11.6. The number of aryl methyl sites for hydroxylation is 1. The Bertz CT molecular complexity index is 1200. The number of amides is 1. The van der Waals surface area contributed by atoms with Crippen LogP contribution in [-0.2, 0) is 11.8 Å². The van der Waals surface area contributed by atoms with Crippen molar-refractivity contribution in [2.75, 3.05) is 35.7 Å². The zero-order valence-electron chi connectivity index (χ0n) is 17.2. The van der Waals surface area contributed by atoms with Crippen molar-refractivity contribution in [2.24, 2.45) is 7.05 Å². The molecule has 2 N–H and O–H groups in total. The molecule has 1 atom stereocenters. The van der Waals surface area contributed by atoms with Crippen LogP contribution in [0.3, 0.4) is 0 Å². The van der Waals surface area contributed by atoms with E-state index in [0.717, 1.165) is 29.7 Å². The lowest BCUT2D eigenvalue weighted by molar-refractivity contribution is -0.111. The van der Waals surface area contributed by atoms with Gasteiger partial charge >= 0.3 is 0 Å². The van der Waals surface area contributed by atoms with Crippen LogP contribution in [0, 0.1) is 11.3 Å². The monoisotopic (exact) mass is 419 g/mol. The number of aromatic nitrogens is 5. The molecule has 158 valence electrons. The molecule has 1 amide bonds. The number of ether oxygens (including phenoxy) is 1. The van der Waals surface area contributed by atoms with Gasteiger partial charge in [-0.2, -0.15) is 15.3 Å². The van der Waals surface area contributed by atoms with Crippen LogP contribution < -0.4 is 20.3 Å². The van der Waals surface area contributed by atoms with Gasteiger partial charge in [0.2, 0.25) is 17.7 Å². The standard InChI is InChI=1S/C20H21N9O2/c1-4-17(30)25-18-14-10-22-16(7-15(14)28(2)27-18)29-6-5-13(11-29)24-20-23-9-12(8-21)19(26-20)31-3/h4,7,9-10,13H,1,5-6,11H2,2-3H3,(H,23,24,26)(H,25,27,30)/t13-/m1/s1. The molecular formula is C20H21N9O2. The van der Waals surface area contributed by atoms with Gasteiger partial charge in [-0.3, -0.25) is 9.48 Å². The predicted octanol–water partition coefficient (Wildman–Crippen LogP) is 1.45. The van der Waals surface area contributed by atoms with Crippen LogP contribution in [0.2, 0.25) is 0 Å². The summed E-state index contributed by atoms with van der Waals surface area (Å²) >= 11 is 0. The van der Waals surface area contributed by atoms with E-state index in [2.05, 4.69) is 42.2 Å². The molecule has 1 fully saturated rings. The fraction of sp³-hybridized carbons (Fsp3) is 0.300. The van der Waals surface area contributed by atoms with Crippen molar-refractivity contribution in [3.8, 4) is 11.9 Å². The van der Waals surface area contributed by atoms with E-state index in [1.165, 1.54) is 19.4 Å².